The molecule has 6 aromatic rings. The Labute approximate surface area is 365 Å². The van der Waals surface area contributed by atoms with Crippen LogP contribution in [0.25, 0.3) is 0 Å². The number of carboxylic acid groups (broad SMARTS) is 1. The first-order valence-electron chi connectivity index (χ1n) is 19.9. The summed E-state index contributed by atoms with van der Waals surface area (Å²) in [6.45, 7) is 10.4. The van der Waals surface area contributed by atoms with Gasteiger partial charge in [-0.3, -0.25) is 9.59 Å². The zero-order valence-corrected chi connectivity index (χ0v) is 35.6. The Bertz CT molecular complexity index is 2530. The second kappa shape index (κ2) is 21.5. The molecule has 0 saturated heterocycles. The van der Waals surface area contributed by atoms with Crippen LogP contribution >= 0.6 is 0 Å². The molecule has 18 nitrogen and oxygen atoms in total. The number of rotatable bonds is 15. The highest BCUT2D eigenvalue weighted by Crippen LogP contribution is 2.26. The minimum Gasteiger partial charge on any atom is -0.508 e. The molecule has 2 heterocycles. The van der Waals surface area contributed by atoms with E-state index in [0.29, 0.717) is 59.1 Å². The van der Waals surface area contributed by atoms with Gasteiger partial charge in [-0.1, -0.05) is 24.3 Å². The number of carbonyl (C=O) groups excluding carboxylic acids is 2. The summed E-state index contributed by atoms with van der Waals surface area (Å²) in [6, 6.07) is 27.4. The minimum atomic E-state index is -1.03. The van der Waals surface area contributed by atoms with Crippen molar-refractivity contribution in [1.29, 1.82) is 0 Å². The Morgan fingerprint density at radius 3 is 1.52 bits per heavy atom. The lowest BCUT2D eigenvalue weighted by Crippen LogP contribution is -2.48. The van der Waals surface area contributed by atoms with Crippen molar-refractivity contribution in [3.63, 3.8) is 0 Å². The van der Waals surface area contributed by atoms with Gasteiger partial charge in [0.15, 0.2) is 0 Å². The molecule has 0 radical (unpaired) electrons. The summed E-state index contributed by atoms with van der Waals surface area (Å²) in [5.41, 5.74) is 10.5. The SMILES string of the molecule is Cc1ccc(O)cc1Nc1ccnc(Nc2cccc(C(=O)NCCN(C(=O)O)C(C)(C)C)c2)n1.Cc1ccc(O)cc1Nc1ccnc(Nc2cccc(C(=O)NCCN)c2)n1. The molecule has 0 atom stereocenters. The molecular weight excluding hydrogens is 805 g/mol. The molecule has 0 saturated carbocycles. The van der Waals surface area contributed by atoms with Crippen molar-refractivity contribution in [3.05, 3.63) is 132 Å². The molecule has 0 aliphatic carbocycles. The molecule has 63 heavy (non-hydrogen) atoms. The van der Waals surface area contributed by atoms with Crippen molar-refractivity contribution in [1.82, 2.24) is 35.5 Å². The predicted molar refractivity (Wildman–Crippen MR) is 244 cm³/mol. The van der Waals surface area contributed by atoms with Crippen LogP contribution in [0.1, 0.15) is 52.6 Å². The normalized spacial score (nSPS) is 10.7. The molecular formula is C45H52N12O6. The highest BCUT2D eigenvalue weighted by atomic mass is 16.4. The maximum Gasteiger partial charge on any atom is 0.407 e. The van der Waals surface area contributed by atoms with Gasteiger partial charge in [-0.05, 0) is 106 Å². The van der Waals surface area contributed by atoms with Crippen molar-refractivity contribution in [2.75, 3.05) is 47.4 Å². The van der Waals surface area contributed by atoms with Gasteiger partial charge in [0.2, 0.25) is 11.9 Å². The van der Waals surface area contributed by atoms with Gasteiger partial charge < -0.3 is 57.9 Å². The number of benzene rings is 4. The number of aryl methyl sites for hydroxylation is 2. The molecule has 0 aliphatic rings. The fraction of sp³-hybridized carbons (Fsp3) is 0.222. The lowest BCUT2D eigenvalue weighted by atomic mass is 10.1. The molecule has 11 N–H and O–H groups in total. The summed E-state index contributed by atoms with van der Waals surface area (Å²) in [4.78, 5) is 54.7. The van der Waals surface area contributed by atoms with Gasteiger partial charge in [-0.2, -0.15) is 9.97 Å². The highest BCUT2D eigenvalue weighted by molar-refractivity contribution is 5.96. The number of hydrogen-bond acceptors (Lipinski definition) is 14. The van der Waals surface area contributed by atoms with Crippen LogP contribution < -0.4 is 37.6 Å². The molecule has 0 aliphatic heterocycles. The summed E-state index contributed by atoms with van der Waals surface area (Å²) < 4.78 is 0. The first-order chi connectivity index (χ1) is 30.1. The second-order valence-corrected chi connectivity index (χ2v) is 15.1. The lowest BCUT2D eigenvalue weighted by molar-refractivity contribution is 0.0892. The van der Waals surface area contributed by atoms with Crippen LogP contribution in [0.15, 0.2) is 109 Å². The van der Waals surface area contributed by atoms with E-state index < -0.39 is 11.6 Å². The summed E-state index contributed by atoms with van der Waals surface area (Å²) >= 11 is 0. The highest BCUT2D eigenvalue weighted by Gasteiger charge is 2.25. The van der Waals surface area contributed by atoms with Crippen LogP contribution in [0.2, 0.25) is 0 Å². The van der Waals surface area contributed by atoms with E-state index in [1.807, 2.05) is 26.0 Å². The monoisotopic (exact) mass is 856 g/mol. The Balaban J connectivity index is 0.000000243. The first-order valence-corrected chi connectivity index (χ1v) is 19.9. The Hall–Kier alpha value is -7.99. The van der Waals surface area contributed by atoms with Gasteiger partial charge in [0.05, 0.1) is 0 Å². The van der Waals surface area contributed by atoms with E-state index in [1.54, 1.807) is 118 Å². The van der Waals surface area contributed by atoms with Gasteiger partial charge in [0, 0.05) is 90.1 Å². The molecule has 3 amide bonds. The number of aromatic nitrogens is 4. The molecule has 6 rings (SSSR count). The Morgan fingerprint density at radius 2 is 1.10 bits per heavy atom. The number of phenolic OH excluding ortho intramolecular Hbond substituents is 2. The van der Waals surface area contributed by atoms with Gasteiger partial charge in [0.1, 0.15) is 23.1 Å². The standard InChI is InChI=1S/C25H30N6O4.C20H22N6O2/c1-16-8-9-19(32)15-20(16)29-21-10-11-27-23(30-21)28-18-7-5-6-17(14-18)22(33)26-12-13-31(24(34)35)25(2,3)4;1-13-5-6-16(27)12-17(13)25-18-7-9-23-20(26-18)24-15-4-2-3-14(11-15)19(28)22-10-8-21/h5-11,14-15,32H,12-13H2,1-4H3,(H,26,33)(H,34,35)(H2,27,28,29,30);2-7,9,11-12,27H,8,10,21H2,1H3,(H,22,28)(H2,23,24,25,26). The zero-order chi connectivity index (χ0) is 45.5. The number of nitrogens with two attached hydrogens (primary N) is 1. The summed E-state index contributed by atoms with van der Waals surface area (Å²) in [5.74, 6) is 1.62. The molecule has 0 bridgehead atoms. The summed E-state index contributed by atoms with van der Waals surface area (Å²) in [5, 5.41) is 46.8. The molecule has 328 valence electrons. The smallest absolute Gasteiger partial charge is 0.407 e. The number of carbonyl (C=O) groups is 3. The molecule has 18 heteroatoms. The molecule has 2 aromatic heterocycles. The quantitative estimate of drug-likeness (QED) is 0.0491. The average molecular weight is 857 g/mol. The van der Waals surface area contributed by atoms with E-state index in [2.05, 4.69) is 51.8 Å². The van der Waals surface area contributed by atoms with Crippen molar-refractivity contribution < 1.29 is 29.7 Å². The van der Waals surface area contributed by atoms with E-state index in [-0.39, 0.29) is 36.4 Å². The summed E-state index contributed by atoms with van der Waals surface area (Å²) in [7, 11) is 0. The fourth-order valence-corrected chi connectivity index (χ4v) is 5.87. The van der Waals surface area contributed by atoms with Crippen LogP contribution in [-0.2, 0) is 0 Å². The van der Waals surface area contributed by atoms with Gasteiger partial charge >= 0.3 is 6.09 Å². The largest absolute Gasteiger partial charge is 0.508 e. The number of phenols is 2. The fourth-order valence-electron chi connectivity index (χ4n) is 5.87. The number of nitrogens with zero attached hydrogens (tertiary/aromatic N) is 5. The lowest BCUT2D eigenvalue weighted by Gasteiger charge is -2.33. The number of hydrogen-bond donors (Lipinski definition) is 10. The molecule has 4 aromatic carbocycles. The average Bonchev–Trinajstić information content (AvgIpc) is 3.24. The third-order valence-corrected chi connectivity index (χ3v) is 9.13. The van der Waals surface area contributed by atoms with Gasteiger partial charge in [-0.25, -0.2) is 14.8 Å². The number of anilines is 8. The minimum absolute atomic E-state index is 0.148. The Kier molecular flexibility index (Phi) is 15.7. The van der Waals surface area contributed by atoms with Crippen molar-refractivity contribution >= 4 is 64.2 Å². The maximum absolute atomic E-state index is 12.6. The van der Waals surface area contributed by atoms with Crippen molar-refractivity contribution in [2.45, 2.75) is 40.2 Å². The maximum atomic E-state index is 12.6. The van der Waals surface area contributed by atoms with Crippen LogP contribution in [-0.4, -0.2) is 89.8 Å². The predicted octanol–water partition coefficient (Wildman–Crippen LogP) is 7.15. The number of aromatic hydroxyl groups is 2. The third kappa shape index (κ3) is 14.0. The third-order valence-electron chi connectivity index (χ3n) is 9.13. The zero-order valence-electron chi connectivity index (χ0n) is 35.6. The topological polar surface area (TPSA) is 265 Å². The van der Waals surface area contributed by atoms with Crippen molar-refractivity contribution in [3.8, 4) is 11.5 Å². The molecule has 0 fully saturated rings. The van der Waals surface area contributed by atoms with E-state index in [1.165, 1.54) is 4.90 Å². The Morgan fingerprint density at radius 1 is 0.635 bits per heavy atom. The van der Waals surface area contributed by atoms with E-state index in [4.69, 9.17) is 5.73 Å². The van der Waals surface area contributed by atoms with E-state index in [9.17, 15) is 29.7 Å². The van der Waals surface area contributed by atoms with Crippen molar-refractivity contribution in [2.24, 2.45) is 5.73 Å². The van der Waals surface area contributed by atoms with E-state index in [0.717, 1.165) is 22.5 Å². The second-order valence-electron chi connectivity index (χ2n) is 15.1. The number of amides is 3. The van der Waals surface area contributed by atoms with Gasteiger partial charge in [0.25, 0.3) is 11.8 Å². The van der Waals surface area contributed by atoms with Gasteiger partial charge in [-0.15, -0.1) is 0 Å². The van der Waals surface area contributed by atoms with Crippen LogP contribution in [0.3, 0.4) is 0 Å². The summed E-state index contributed by atoms with van der Waals surface area (Å²) in [6.07, 6.45) is 2.18. The van der Waals surface area contributed by atoms with Crippen LogP contribution in [0, 0.1) is 13.8 Å². The number of nitrogens with one attached hydrogen (secondary N) is 6. The molecule has 0 unspecified atom stereocenters. The van der Waals surface area contributed by atoms with Crippen LogP contribution in [0.5, 0.6) is 11.5 Å². The first kappa shape index (κ1) is 46.1. The van der Waals surface area contributed by atoms with Crippen LogP contribution in [0.4, 0.5) is 51.1 Å². The van der Waals surface area contributed by atoms with E-state index >= 15 is 0 Å². The molecule has 0 spiro atoms.